The zero-order valence-corrected chi connectivity index (χ0v) is 11.0. The van der Waals surface area contributed by atoms with Gasteiger partial charge >= 0.3 is 6.18 Å². The molecule has 8 heteroatoms. The third kappa shape index (κ3) is 2.88. The number of rotatable bonds is 1. The highest BCUT2D eigenvalue weighted by Gasteiger charge is 2.30. The first-order chi connectivity index (χ1) is 7.43. The van der Waals surface area contributed by atoms with E-state index < -0.39 is 11.7 Å². The minimum atomic E-state index is -4.34. The molecule has 0 radical (unpaired) electrons. The van der Waals surface area contributed by atoms with Crippen molar-refractivity contribution < 1.29 is 13.2 Å². The van der Waals surface area contributed by atoms with E-state index in [1.165, 1.54) is 6.07 Å². The molecule has 3 nitrogen and oxygen atoms in total. The molecule has 1 aromatic carbocycles. The fraction of sp³-hybridized carbons (Fsp3) is 0.300. The number of halogens is 5. The summed E-state index contributed by atoms with van der Waals surface area (Å²) < 4.78 is 39.0. The lowest BCUT2D eigenvalue weighted by Gasteiger charge is -2.05. The summed E-state index contributed by atoms with van der Waals surface area (Å²) in [5, 5.41) is 0. The predicted octanol–water partition coefficient (Wildman–Crippen LogP) is 2.89. The van der Waals surface area contributed by atoms with Gasteiger partial charge in [0.1, 0.15) is 5.82 Å². The van der Waals surface area contributed by atoms with Gasteiger partial charge in [0.15, 0.2) is 0 Å². The minimum Gasteiger partial charge on any atom is -0.330 e. The lowest BCUT2D eigenvalue weighted by molar-refractivity contribution is -0.137. The molecular weight excluding hydrogens is 290 g/mol. The maximum Gasteiger partial charge on any atom is 0.416 e. The second-order valence-electron chi connectivity index (χ2n) is 3.49. The van der Waals surface area contributed by atoms with Gasteiger partial charge in [-0.3, -0.25) is 0 Å². The van der Waals surface area contributed by atoms with E-state index in [4.69, 9.17) is 5.73 Å². The molecule has 0 atom stereocenters. The van der Waals surface area contributed by atoms with Gasteiger partial charge < -0.3 is 10.3 Å². The molecule has 102 valence electrons. The summed E-state index contributed by atoms with van der Waals surface area (Å²) in [6, 6.07) is 3.49. The predicted molar refractivity (Wildman–Crippen MR) is 68.1 cm³/mol. The van der Waals surface area contributed by atoms with E-state index in [0.29, 0.717) is 16.9 Å². The molecule has 0 bridgehead atoms. The zero-order chi connectivity index (χ0) is 11.9. The fourth-order valence-electron chi connectivity index (χ4n) is 1.61. The number of imidazole rings is 1. The van der Waals surface area contributed by atoms with Crippen molar-refractivity contribution in [2.45, 2.75) is 12.7 Å². The molecule has 0 aliphatic heterocycles. The van der Waals surface area contributed by atoms with Crippen molar-refractivity contribution in [3.8, 4) is 0 Å². The van der Waals surface area contributed by atoms with Crippen molar-refractivity contribution >= 4 is 35.8 Å². The summed E-state index contributed by atoms with van der Waals surface area (Å²) in [6.07, 6.45) is -4.34. The van der Waals surface area contributed by atoms with E-state index in [1.807, 2.05) is 0 Å². The SMILES string of the molecule is Cl.Cl.Cn1c(CN)nc2cc(C(F)(F)F)ccc21. The average Bonchev–Trinajstić information content (AvgIpc) is 2.54. The summed E-state index contributed by atoms with van der Waals surface area (Å²) in [5.74, 6) is 0.564. The first-order valence-electron chi connectivity index (χ1n) is 4.66. The number of hydrogen-bond acceptors (Lipinski definition) is 2. The molecule has 0 saturated heterocycles. The highest BCUT2D eigenvalue weighted by molar-refractivity contribution is 5.85. The quantitative estimate of drug-likeness (QED) is 0.880. The molecular formula is C10H12Cl2F3N3. The Kier molecular flexibility index (Phi) is 5.46. The number of hydrogen-bond donors (Lipinski definition) is 1. The number of benzene rings is 1. The highest BCUT2D eigenvalue weighted by Crippen LogP contribution is 2.31. The summed E-state index contributed by atoms with van der Waals surface area (Å²) in [5.41, 5.74) is 5.70. The van der Waals surface area contributed by atoms with E-state index in [0.717, 1.165) is 12.1 Å². The molecule has 0 spiro atoms. The second kappa shape index (κ2) is 5.77. The van der Waals surface area contributed by atoms with Gasteiger partial charge in [0.2, 0.25) is 0 Å². The van der Waals surface area contributed by atoms with Gasteiger partial charge in [-0.2, -0.15) is 13.2 Å². The molecule has 0 saturated carbocycles. The van der Waals surface area contributed by atoms with Gasteiger partial charge in [0, 0.05) is 7.05 Å². The maximum absolute atomic E-state index is 12.4. The lowest BCUT2D eigenvalue weighted by Crippen LogP contribution is -2.04. The average molecular weight is 302 g/mol. The number of nitrogens with two attached hydrogens (primary N) is 1. The summed E-state index contributed by atoms with van der Waals surface area (Å²) in [4.78, 5) is 4.04. The summed E-state index contributed by atoms with van der Waals surface area (Å²) in [7, 11) is 1.73. The van der Waals surface area contributed by atoms with Crippen LogP contribution >= 0.6 is 24.8 Å². The van der Waals surface area contributed by atoms with Gasteiger partial charge in [-0.1, -0.05) is 0 Å². The Morgan fingerprint density at radius 2 is 1.89 bits per heavy atom. The molecule has 0 fully saturated rings. The van der Waals surface area contributed by atoms with Crippen LogP contribution in [0.5, 0.6) is 0 Å². The van der Waals surface area contributed by atoms with Crippen molar-refractivity contribution in [1.29, 1.82) is 0 Å². The van der Waals surface area contributed by atoms with Crippen molar-refractivity contribution in [1.82, 2.24) is 9.55 Å². The van der Waals surface area contributed by atoms with Crippen molar-refractivity contribution in [2.75, 3.05) is 0 Å². The first-order valence-corrected chi connectivity index (χ1v) is 4.66. The number of aryl methyl sites for hydroxylation is 1. The van der Waals surface area contributed by atoms with E-state index in [2.05, 4.69) is 4.98 Å². The largest absolute Gasteiger partial charge is 0.416 e. The van der Waals surface area contributed by atoms with Gasteiger partial charge in [-0.25, -0.2) is 4.98 Å². The van der Waals surface area contributed by atoms with E-state index in [-0.39, 0.29) is 31.4 Å². The molecule has 1 aromatic heterocycles. The van der Waals surface area contributed by atoms with Crippen LogP contribution in [0.3, 0.4) is 0 Å². The van der Waals surface area contributed by atoms with Crippen LogP contribution in [0, 0.1) is 0 Å². The van der Waals surface area contributed by atoms with Crippen LogP contribution in [-0.4, -0.2) is 9.55 Å². The van der Waals surface area contributed by atoms with E-state index >= 15 is 0 Å². The third-order valence-corrected chi connectivity index (χ3v) is 2.48. The van der Waals surface area contributed by atoms with Crippen LogP contribution in [0.15, 0.2) is 18.2 Å². The Labute approximate surface area is 114 Å². The van der Waals surface area contributed by atoms with E-state index in [9.17, 15) is 13.2 Å². The normalized spacial score (nSPS) is 10.9. The summed E-state index contributed by atoms with van der Waals surface area (Å²) in [6.45, 7) is 0.201. The molecule has 0 aliphatic rings. The second-order valence-corrected chi connectivity index (χ2v) is 3.49. The third-order valence-electron chi connectivity index (χ3n) is 2.48. The van der Waals surface area contributed by atoms with Gasteiger partial charge in [-0.05, 0) is 18.2 Å². The molecule has 2 N–H and O–H groups in total. The number of aromatic nitrogens is 2. The van der Waals surface area contributed by atoms with Crippen LogP contribution in [0.2, 0.25) is 0 Å². The molecule has 2 rings (SSSR count). The highest BCUT2D eigenvalue weighted by atomic mass is 35.5. The van der Waals surface area contributed by atoms with Crippen LogP contribution in [0.4, 0.5) is 13.2 Å². The van der Waals surface area contributed by atoms with Crippen LogP contribution in [0.25, 0.3) is 11.0 Å². The van der Waals surface area contributed by atoms with E-state index in [1.54, 1.807) is 11.6 Å². The number of alkyl halides is 3. The van der Waals surface area contributed by atoms with Crippen LogP contribution < -0.4 is 5.73 Å². The topological polar surface area (TPSA) is 43.8 Å². The standard InChI is InChI=1S/C10H10F3N3.2ClH/c1-16-8-3-2-6(10(11,12)13)4-7(8)15-9(16)5-14;;/h2-4H,5,14H2,1H3;2*1H. The van der Waals surface area contributed by atoms with Gasteiger partial charge in [0.05, 0.1) is 23.1 Å². The van der Waals surface area contributed by atoms with Gasteiger partial charge in [0.25, 0.3) is 0 Å². The Bertz CT molecular complexity index is 537. The number of fused-ring (bicyclic) bond motifs is 1. The monoisotopic (exact) mass is 301 g/mol. The fourth-order valence-corrected chi connectivity index (χ4v) is 1.61. The van der Waals surface area contributed by atoms with Crippen molar-refractivity contribution in [3.63, 3.8) is 0 Å². The zero-order valence-electron chi connectivity index (χ0n) is 9.36. The maximum atomic E-state index is 12.4. The molecule has 0 amide bonds. The lowest BCUT2D eigenvalue weighted by atomic mass is 10.2. The van der Waals surface area contributed by atoms with Gasteiger partial charge in [-0.15, -0.1) is 24.8 Å². The first kappa shape index (κ1) is 17.0. The Balaban J connectivity index is 0.00000144. The molecule has 0 aliphatic carbocycles. The van der Waals surface area contributed by atoms with Crippen LogP contribution in [-0.2, 0) is 19.8 Å². The Morgan fingerprint density at radius 3 is 2.39 bits per heavy atom. The molecule has 0 unspecified atom stereocenters. The molecule has 18 heavy (non-hydrogen) atoms. The van der Waals surface area contributed by atoms with Crippen molar-refractivity contribution in [3.05, 3.63) is 29.6 Å². The number of nitrogens with zero attached hydrogens (tertiary/aromatic N) is 2. The smallest absolute Gasteiger partial charge is 0.330 e. The molecule has 1 heterocycles. The minimum absolute atomic E-state index is 0. The Hall–Kier alpha value is -0.980. The molecule has 2 aromatic rings. The Morgan fingerprint density at radius 1 is 1.28 bits per heavy atom. The summed E-state index contributed by atoms with van der Waals surface area (Å²) >= 11 is 0. The van der Waals surface area contributed by atoms with Crippen molar-refractivity contribution in [2.24, 2.45) is 12.8 Å². The van der Waals surface area contributed by atoms with Crippen LogP contribution in [0.1, 0.15) is 11.4 Å².